The van der Waals surface area contributed by atoms with E-state index in [0.717, 1.165) is 34.4 Å². The number of amides is 1. The fraction of sp³-hybridized carbons (Fsp3) is 0.375. The number of aromatic nitrogens is 1. The molecule has 0 fully saturated rings. The first-order valence-corrected chi connectivity index (χ1v) is 10.8. The van der Waals surface area contributed by atoms with Crippen LogP contribution in [0.2, 0.25) is 5.02 Å². The molecule has 1 aliphatic heterocycles. The molecular weight excluding hydrogens is 400 g/mol. The smallest absolute Gasteiger partial charge is 0.220 e. The maximum absolute atomic E-state index is 12.8. The summed E-state index contributed by atoms with van der Waals surface area (Å²) in [6.07, 6.45) is 3.15. The number of ether oxygens (including phenoxy) is 2. The van der Waals surface area contributed by atoms with Crippen molar-refractivity contribution in [2.45, 2.75) is 38.7 Å². The lowest BCUT2D eigenvalue weighted by Gasteiger charge is -2.27. The summed E-state index contributed by atoms with van der Waals surface area (Å²) < 4.78 is 11.7. The lowest BCUT2D eigenvalue weighted by atomic mass is 9.87. The summed E-state index contributed by atoms with van der Waals surface area (Å²) in [6.45, 7) is 5.20. The van der Waals surface area contributed by atoms with Gasteiger partial charge in [-0.15, -0.1) is 0 Å². The highest BCUT2D eigenvalue weighted by atomic mass is 35.5. The van der Waals surface area contributed by atoms with Gasteiger partial charge in [0, 0.05) is 28.5 Å². The molecule has 0 aliphatic carbocycles. The van der Waals surface area contributed by atoms with Crippen LogP contribution in [0.15, 0.2) is 48.7 Å². The number of benzene rings is 2. The van der Waals surface area contributed by atoms with Crippen LogP contribution in [0.25, 0.3) is 10.9 Å². The molecule has 2 aromatic carbocycles. The molecule has 30 heavy (non-hydrogen) atoms. The number of carbonyl (C=O) groups is 1. The van der Waals surface area contributed by atoms with E-state index in [1.54, 1.807) is 0 Å². The van der Waals surface area contributed by atoms with E-state index in [0.29, 0.717) is 30.5 Å². The predicted octanol–water partition coefficient (Wildman–Crippen LogP) is 5.30. The van der Waals surface area contributed by atoms with Crippen LogP contribution >= 0.6 is 11.6 Å². The molecule has 2 N–H and O–H groups in total. The Morgan fingerprint density at radius 2 is 2.03 bits per heavy atom. The van der Waals surface area contributed by atoms with E-state index in [2.05, 4.69) is 24.1 Å². The van der Waals surface area contributed by atoms with Crippen molar-refractivity contribution < 1.29 is 14.3 Å². The summed E-state index contributed by atoms with van der Waals surface area (Å²) in [4.78, 5) is 16.1. The van der Waals surface area contributed by atoms with E-state index in [1.165, 1.54) is 0 Å². The van der Waals surface area contributed by atoms with Crippen molar-refractivity contribution in [3.63, 3.8) is 0 Å². The van der Waals surface area contributed by atoms with Crippen molar-refractivity contribution in [3.8, 4) is 11.5 Å². The molecular formula is C24H27ClN2O3. The summed E-state index contributed by atoms with van der Waals surface area (Å²) in [6, 6.07) is 13.4. The highest BCUT2D eigenvalue weighted by Crippen LogP contribution is 2.34. The lowest BCUT2D eigenvalue weighted by Crippen LogP contribution is -2.41. The number of hydrogen-bond acceptors (Lipinski definition) is 3. The summed E-state index contributed by atoms with van der Waals surface area (Å²) in [5, 5.41) is 4.81. The molecule has 4 rings (SSSR count). The Hall–Kier alpha value is -2.66. The number of H-pyrrole nitrogens is 1. The average molecular weight is 427 g/mol. The first-order chi connectivity index (χ1) is 14.5. The van der Waals surface area contributed by atoms with Gasteiger partial charge in [-0.2, -0.15) is 0 Å². The van der Waals surface area contributed by atoms with Crippen LogP contribution in [-0.4, -0.2) is 30.1 Å². The van der Waals surface area contributed by atoms with Gasteiger partial charge in [0.25, 0.3) is 0 Å². The van der Waals surface area contributed by atoms with E-state index in [1.807, 2.05) is 48.7 Å². The predicted molar refractivity (Wildman–Crippen MR) is 119 cm³/mol. The topological polar surface area (TPSA) is 63.4 Å². The van der Waals surface area contributed by atoms with Crippen molar-refractivity contribution >= 4 is 28.4 Å². The number of carbonyl (C=O) groups excluding carboxylic acids is 1. The average Bonchev–Trinajstić information content (AvgIpc) is 3.14. The van der Waals surface area contributed by atoms with Crippen LogP contribution in [0.5, 0.6) is 11.5 Å². The van der Waals surface area contributed by atoms with Crippen molar-refractivity contribution in [1.29, 1.82) is 0 Å². The molecule has 5 nitrogen and oxygen atoms in total. The number of nitrogens with one attached hydrogen (secondary N) is 2. The number of hydrogen-bond donors (Lipinski definition) is 2. The number of halogens is 1. The van der Waals surface area contributed by atoms with Gasteiger partial charge in [0.1, 0.15) is 12.7 Å². The fourth-order valence-corrected chi connectivity index (χ4v) is 4.20. The van der Waals surface area contributed by atoms with Gasteiger partial charge in [0.05, 0.1) is 6.54 Å². The molecule has 2 unspecified atom stereocenters. The highest BCUT2D eigenvalue weighted by molar-refractivity contribution is 6.31. The van der Waals surface area contributed by atoms with Crippen molar-refractivity contribution in [2.75, 3.05) is 13.2 Å². The quantitative estimate of drug-likeness (QED) is 0.539. The van der Waals surface area contributed by atoms with E-state index in [-0.39, 0.29) is 17.9 Å². The van der Waals surface area contributed by atoms with Gasteiger partial charge in [-0.3, -0.25) is 4.79 Å². The van der Waals surface area contributed by atoms with Crippen molar-refractivity contribution in [1.82, 2.24) is 10.3 Å². The molecule has 1 aliphatic rings. The molecule has 6 heteroatoms. The Balaban J connectivity index is 1.41. The number of aromatic amines is 1. The van der Waals surface area contributed by atoms with Crippen LogP contribution in [0, 0.1) is 5.92 Å². The van der Waals surface area contributed by atoms with E-state index < -0.39 is 0 Å². The lowest BCUT2D eigenvalue weighted by molar-refractivity contribution is -0.122. The molecule has 0 saturated carbocycles. The second kappa shape index (κ2) is 9.00. The van der Waals surface area contributed by atoms with Crippen molar-refractivity contribution in [2.24, 2.45) is 5.92 Å². The number of fused-ring (bicyclic) bond motifs is 2. The summed E-state index contributed by atoms with van der Waals surface area (Å²) >= 11 is 6.22. The second-order valence-corrected chi connectivity index (χ2v) is 8.70. The number of para-hydroxylation sites is 2. The third kappa shape index (κ3) is 4.73. The standard InChI is InChI=1S/C24H27ClN2O3/c1-15(2)9-16(20-13-26-21-8-7-17(25)11-19(20)21)10-24(28)27-12-18-14-29-22-5-3-4-6-23(22)30-18/h3-8,11,13,15-16,18,26H,9-10,12,14H2,1-2H3,(H,27,28). The van der Waals surface area contributed by atoms with E-state index in [9.17, 15) is 4.79 Å². The molecule has 2 heterocycles. The van der Waals surface area contributed by atoms with Crippen LogP contribution in [0.3, 0.4) is 0 Å². The molecule has 0 bridgehead atoms. The Morgan fingerprint density at radius 1 is 1.23 bits per heavy atom. The zero-order valence-electron chi connectivity index (χ0n) is 17.3. The zero-order chi connectivity index (χ0) is 21.1. The molecule has 0 radical (unpaired) electrons. The molecule has 158 valence electrons. The van der Waals surface area contributed by atoms with Crippen molar-refractivity contribution in [3.05, 3.63) is 59.2 Å². The zero-order valence-corrected chi connectivity index (χ0v) is 18.0. The maximum atomic E-state index is 12.8. The van der Waals surface area contributed by atoms with Crippen LogP contribution in [-0.2, 0) is 4.79 Å². The highest BCUT2D eigenvalue weighted by Gasteiger charge is 2.24. The van der Waals surface area contributed by atoms with Gasteiger partial charge < -0.3 is 19.8 Å². The summed E-state index contributed by atoms with van der Waals surface area (Å²) in [7, 11) is 0. The van der Waals surface area contributed by atoms with E-state index in [4.69, 9.17) is 21.1 Å². The van der Waals surface area contributed by atoms with Gasteiger partial charge in [-0.25, -0.2) is 0 Å². The number of rotatable bonds is 7. The van der Waals surface area contributed by atoms with Crippen LogP contribution in [0.4, 0.5) is 0 Å². The molecule has 0 spiro atoms. The second-order valence-electron chi connectivity index (χ2n) is 8.27. The fourth-order valence-electron chi connectivity index (χ4n) is 4.03. The van der Waals surface area contributed by atoms with Gasteiger partial charge >= 0.3 is 0 Å². The first-order valence-electron chi connectivity index (χ1n) is 10.4. The maximum Gasteiger partial charge on any atom is 0.220 e. The van der Waals surface area contributed by atoms with Gasteiger partial charge in [0.15, 0.2) is 11.5 Å². The Morgan fingerprint density at radius 3 is 2.83 bits per heavy atom. The van der Waals surface area contributed by atoms with Crippen LogP contribution < -0.4 is 14.8 Å². The Bertz CT molecular complexity index is 1030. The Labute approximate surface area is 181 Å². The largest absolute Gasteiger partial charge is 0.486 e. The minimum atomic E-state index is -0.195. The molecule has 3 aromatic rings. The third-order valence-corrected chi connectivity index (χ3v) is 5.63. The molecule has 1 amide bonds. The van der Waals surface area contributed by atoms with E-state index >= 15 is 0 Å². The molecule has 2 atom stereocenters. The van der Waals surface area contributed by atoms with Crippen LogP contribution in [0.1, 0.15) is 38.2 Å². The minimum Gasteiger partial charge on any atom is -0.486 e. The summed E-state index contributed by atoms with van der Waals surface area (Å²) in [5.74, 6) is 2.06. The van der Waals surface area contributed by atoms with Gasteiger partial charge in [0.2, 0.25) is 5.91 Å². The molecule has 1 aromatic heterocycles. The SMILES string of the molecule is CC(C)CC(CC(=O)NCC1COc2ccccc2O1)c1c[nH]c2ccc(Cl)cc12. The Kier molecular flexibility index (Phi) is 6.18. The normalized spacial score (nSPS) is 16.6. The third-order valence-electron chi connectivity index (χ3n) is 5.40. The van der Waals surface area contributed by atoms with Gasteiger partial charge in [-0.1, -0.05) is 37.6 Å². The first kappa shape index (κ1) is 20.6. The molecule has 0 saturated heterocycles. The minimum absolute atomic E-state index is 0.0134. The summed E-state index contributed by atoms with van der Waals surface area (Å²) in [5.41, 5.74) is 2.18. The van der Waals surface area contributed by atoms with Gasteiger partial charge in [-0.05, 0) is 54.2 Å². The monoisotopic (exact) mass is 426 g/mol.